The number of nitrogens with zero attached hydrogens (tertiary/aromatic N) is 4. The fourth-order valence-corrected chi connectivity index (χ4v) is 16.7. The third-order valence-electron chi connectivity index (χ3n) is 15.6. The van der Waals surface area contributed by atoms with Crippen molar-refractivity contribution in [3.8, 4) is 0 Å². The fourth-order valence-electron chi connectivity index (χ4n) is 12.7. The van der Waals surface area contributed by atoms with Gasteiger partial charge in [-0.2, -0.15) is 0 Å². The minimum absolute atomic E-state index is 0.0357. The molecule has 12 aromatic rings. The first-order valence-corrected chi connectivity index (χ1v) is 27.9. The van der Waals surface area contributed by atoms with Gasteiger partial charge in [-0.25, -0.2) is 0 Å². The maximum atomic E-state index is 2.65. The Morgan fingerprint density at radius 2 is 0.811 bits per heavy atom. The van der Waals surface area contributed by atoms with E-state index in [0.717, 1.165) is 39.8 Å². The molecule has 11 aromatic carbocycles. The molecule has 0 spiro atoms. The molecule has 344 valence electrons. The molecule has 1 aromatic heterocycles. The molecule has 4 aliphatic rings. The second-order valence-electron chi connectivity index (χ2n) is 19.6. The normalized spacial score (nSPS) is 13.5. The molecule has 0 N–H and O–H groups in total. The van der Waals surface area contributed by atoms with Crippen molar-refractivity contribution >= 4 is 170 Å². The molecule has 0 fully saturated rings. The standard InChI is InChI=1S/C66H42B2N4SSe/c1-6-22-43(23-7-1)69(44-24-8-2-9-25-44)48-38-57-64-58(39-48)71(46-28-12-4-13-29-46)55-41-56-53(40-52(55)67(64)50-33-17-19-35-54(50)70(57)45-26-10-3-11-27-45)68-51-34-18-21-37-62(51)74-66-63-49-32-16-20-36-60(49)73-61(63)42-59(65(66)68)72(56)47-30-14-5-15-31-47/h1-42H. The Hall–Kier alpha value is -8.51. The van der Waals surface area contributed by atoms with Gasteiger partial charge in [-0.15, -0.1) is 0 Å². The van der Waals surface area contributed by atoms with Gasteiger partial charge >= 0.3 is 354 Å². The molecular weight excluding hydrogens is 981 g/mol. The Labute approximate surface area is 441 Å². The van der Waals surface area contributed by atoms with E-state index in [0.29, 0.717) is 0 Å². The maximum absolute atomic E-state index is 2.65. The summed E-state index contributed by atoms with van der Waals surface area (Å²) in [5.74, 6) is 0. The Morgan fingerprint density at radius 1 is 0.338 bits per heavy atom. The molecule has 0 atom stereocenters. The topological polar surface area (TPSA) is 13.0 Å². The van der Waals surface area contributed by atoms with E-state index in [-0.39, 0.29) is 28.4 Å². The van der Waals surface area contributed by atoms with E-state index < -0.39 is 0 Å². The summed E-state index contributed by atoms with van der Waals surface area (Å²) >= 11 is 2.03. The summed E-state index contributed by atoms with van der Waals surface area (Å²) in [7, 11) is 0. The predicted octanol–water partition coefficient (Wildman–Crippen LogP) is 11.9. The molecule has 4 aliphatic heterocycles. The number of hydrogen-bond acceptors (Lipinski definition) is 5. The number of anilines is 12. The van der Waals surface area contributed by atoms with Crippen LogP contribution in [0.15, 0.2) is 255 Å². The summed E-state index contributed by atoms with van der Waals surface area (Å²) in [6.07, 6.45) is 0. The van der Waals surface area contributed by atoms with Crippen molar-refractivity contribution in [2.45, 2.75) is 0 Å². The van der Waals surface area contributed by atoms with Crippen LogP contribution in [0.1, 0.15) is 0 Å². The van der Waals surface area contributed by atoms with Gasteiger partial charge in [-0.1, -0.05) is 54.6 Å². The Kier molecular flexibility index (Phi) is 9.38. The Balaban J connectivity index is 1.04. The van der Waals surface area contributed by atoms with E-state index in [9.17, 15) is 0 Å². The smallest absolute Gasteiger partial charge is 0.0380 e. The largest absolute Gasteiger partial charge is 0.0602 e. The van der Waals surface area contributed by atoms with Crippen LogP contribution in [0.5, 0.6) is 0 Å². The van der Waals surface area contributed by atoms with E-state index in [1.807, 2.05) is 11.3 Å². The molecule has 0 bridgehead atoms. The summed E-state index contributed by atoms with van der Waals surface area (Å²) in [4.78, 5) is 10.1. The van der Waals surface area contributed by atoms with Gasteiger partial charge in [0, 0.05) is 11.4 Å². The van der Waals surface area contributed by atoms with Gasteiger partial charge in [0.2, 0.25) is 0 Å². The van der Waals surface area contributed by atoms with Crippen molar-refractivity contribution in [2.24, 2.45) is 0 Å². The number of thiophene rings is 1. The molecule has 8 heteroatoms. The van der Waals surface area contributed by atoms with Crippen LogP contribution in [0.4, 0.5) is 68.2 Å². The van der Waals surface area contributed by atoms with Gasteiger partial charge in [0.25, 0.3) is 0 Å². The van der Waals surface area contributed by atoms with Crippen LogP contribution in [0.25, 0.3) is 20.2 Å². The zero-order valence-electron chi connectivity index (χ0n) is 40.0. The van der Waals surface area contributed by atoms with Crippen molar-refractivity contribution < 1.29 is 0 Å². The van der Waals surface area contributed by atoms with Crippen LogP contribution >= 0.6 is 11.3 Å². The van der Waals surface area contributed by atoms with Crippen molar-refractivity contribution in [3.63, 3.8) is 0 Å². The first kappa shape index (κ1) is 42.0. The number of hydrogen-bond donors (Lipinski definition) is 0. The van der Waals surface area contributed by atoms with Crippen LogP contribution in [0.2, 0.25) is 0 Å². The minimum Gasteiger partial charge on any atom is -0.0602 e. The minimum atomic E-state index is -0.0789. The van der Waals surface area contributed by atoms with Crippen molar-refractivity contribution in [1.82, 2.24) is 0 Å². The van der Waals surface area contributed by atoms with Gasteiger partial charge in [-0.3, -0.25) is 0 Å². The number of fused-ring (bicyclic) bond motifs is 12. The molecular formula is C66H42B2N4SSe. The Bertz CT molecular complexity index is 4170. The summed E-state index contributed by atoms with van der Waals surface area (Å²) < 4.78 is 5.68. The van der Waals surface area contributed by atoms with E-state index in [2.05, 4.69) is 274 Å². The average Bonchev–Trinajstić information content (AvgIpc) is 3.86. The van der Waals surface area contributed by atoms with Gasteiger partial charge in [0.1, 0.15) is 0 Å². The fraction of sp³-hybridized carbons (Fsp3) is 0. The van der Waals surface area contributed by atoms with Gasteiger partial charge < -0.3 is 0 Å². The molecule has 0 aliphatic carbocycles. The monoisotopic (exact) mass is 1020 g/mol. The summed E-state index contributed by atoms with van der Waals surface area (Å²) in [6, 6.07) is 95.1. The Morgan fingerprint density at radius 3 is 1.42 bits per heavy atom. The van der Waals surface area contributed by atoms with Crippen molar-refractivity contribution in [3.05, 3.63) is 255 Å². The molecule has 0 amide bonds. The number of para-hydroxylation sites is 6. The molecule has 0 saturated heterocycles. The van der Waals surface area contributed by atoms with E-state index >= 15 is 0 Å². The van der Waals surface area contributed by atoms with E-state index in [1.54, 1.807) is 0 Å². The van der Waals surface area contributed by atoms with Crippen LogP contribution in [0, 0.1) is 0 Å². The van der Waals surface area contributed by atoms with Gasteiger partial charge in [0.05, 0.1) is 0 Å². The van der Waals surface area contributed by atoms with Gasteiger partial charge in [0.15, 0.2) is 0 Å². The van der Waals surface area contributed by atoms with Crippen LogP contribution in [0.3, 0.4) is 0 Å². The quantitative estimate of drug-likeness (QED) is 0.154. The third-order valence-corrected chi connectivity index (χ3v) is 19.3. The number of rotatable bonds is 6. The molecule has 74 heavy (non-hydrogen) atoms. The molecule has 0 radical (unpaired) electrons. The maximum Gasteiger partial charge on any atom is -0.0380 e. The molecule has 0 saturated carbocycles. The predicted molar refractivity (Wildman–Crippen MR) is 319 cm³/mol. The second-order valence-corrected chi connectivity index (χ2v) is 22.9. The molecule has 0 unspecified atom stereocenters. The zero-order chi connectivity index (χ0) is 48.4. The van der Waals surface area contributed by atoms with Crippen molar-refractivity contribution in [2.75, 3.05) is 19.6 Å². The molecule has 4 nitrogen and oxygen atoms in total. The summed E-state index contributed by atoms with van der Waals surface area (Å²) in [5.41, 5.74) is 22.0. The SMILES string of the molecule is c1ccc(N(c2ccccc2)c2cc3c4c(c2)N(c2ccccc2)c2cc5c(cc2B4c2ccccc2N3c2ccccc2)B2c3ccccc3[Se]c3c2c(cc2sc4ccccc4c32)N5c2ccccc2)cc1. The molecule has 5 heterocycles. The van der Waals surface area contributed by atoms with Gasteiger partial charge in [-0.05, 0) is 24.3 Å². The second kappa shape index (κ2) is 16.5. The van der Waals surface area contributed by atoms with Crippen LogP contribution < -0.4 is 61.3 Å². The first-order valence-electron chi connectivity index (χ1n) is 25.4. The van der Waals surface area contributed by atoms with Crippen LogP contribution in [-0.2, 0) is 0 Å². The van der Waals surface area contributed by atoms with Crippen LogP contribution in [-0.4, -0.2) is 28.4 Å². The summed E-state index contributed by atoms with van der Waals surface area (Å²) in [6.45, 7) is -0.0432. The average molecular weight is 1020 g/mol. The number of benzene rings is 11. The first-order chi connectivity index (χ1) is 36.7. The van der Waals surface area contributed by atoms with E-state index in [4.69, 9.17) is 0 Å². The third kappa shape index (κ3) is 6.17. The summed E-state index contributed by atoms with van der Waals surface area (Å²) in [5, 5.41) is 2.81. The van der Waals surface area contributed by atoms with E-state index in [1.165, 1.54) is 90.3 Å². The molecule has 16 rings (SSSR count). The van der Waals surface area contributed by atoms with Crippen molar-refractivity contribution in [1.29, 1.82) is 0 Å². The zero-order valence-corrected chi connectivity index (χ0v) is 42.5.